The average molecular weight is 486 g/mol. The zero-order valence-electron chi connectivity index (χ0n) is 20.6. The van der Waals surface area contributed by atoms with Crippen LogP contribution in [0.2, 0.25) is 0 Å². The van der Waals surface area contributed by atoms with E-state index in [0.717, 1.165) is 23.4 Å². The fourth-order valence-corrected chi connectivity index (χ4v) is 3.35. The van der Waals surface area contributed by atoms with Gasteiger partial charge in [0.15, 0.2) is 13.6 Å². The number of carbonyl (C=O) groups is 1. The second kappa shape index (κ2) is 12.6. The summed E-state index contributed by atoms with van der Waals surface area (Å²) in [6.45, 7) is 2.50. The van der Waals surface area contributed by atoms with E-state index < -0.39 is 5.97 Å². The Hall–Kier alpha value is -3.76. The first-order chi connectivity index (χ1) is 17.0. The molecule has 0 aliphatic carbocycles. The van der Waals surface area contributed by atoms with Crippen LogP contribution in [0, 0.1) is 0 Å². The van der Waals surface area contributed by atoms with Gasteiger partial charge in [0.2, 0.25) is 0 Å². The van der Waals surface area contributed by atoms with Crippen LogP contribution in [0.25, 0.3) is 0 Å². The molecule has 0 amide bonds. The van der Waals surface area contributed by atoms with E-state index in [1.165, 1.54) is 21.3 Å². The Balaban J connectivity index is 2.03. The molecular formula is C25H31N3O7. The Morgan fingerprint density at radius 2 is 1.66 bits per heavy atom. The van der Waals surface area contributed by atoms with E-state index in [-0.39, 0.29) is 24.9 Å². The number of nitrogens with one attached hydrogen (secondary N) is 1. The number of methoxy groups -OCH3 is 4. The molecule has 0 aliphatic rings. The van der Waals surface area contributed by atoms with Crippen molar-refractivity contribution in [3.63, 3.8) is 0 Å². The van der Waals surface area contributed by atoms with Crippen molar-refractivity contribution in [3.05, 3.63) is 59.3 Å². The Morgan fingerprint density at radius 3 is 2.29 bits per heavy atom. The molecule has 0 saturated heterocycles. The van der Waals surface area contributed by atoms with Gasteiger partial charge in [0.05, 0.1) is 32.1 Å². The summed E-state index contributed by atoms with van der Waals surface area (Å²) in [6.07, 6.45) is 0.743. The molecule has 0 atom stereocenters. The normalized spacial score (nSPS) is 10.7. The molecular weight excluding hydrogens is 454 g/mol. The molecule has 0 unspecified atom stereocenters. The maximum absolute atomic E-state index is 12.7. The predicted molar refractivity (Wildman–Crippen MR) is 130 cm³/mol. The lowest BCUT2D eigenvalue weighted by Gasteiger charge is -2.18. The molecule has 0 fully saturated rings. The fraction of sp³-hybridized carbons (Fsp3) is 0.360. The first-order valence-corrected chi connectivity index (χ1v) is 11.0. The number of esters is 1. The van der Waals surface area contributed by atoms with Gasteiger partial charge in [-0.3, -0.25) is 0 Å². The van der Waals surface area contributed by atoms with Crippen LogP contribution < -0.4 is 19.5 Å². The summed E-state index contributed by atoms with van der Waals surface area (Å²) in [5, 5.41) is 8.03. The third-order valence-electron chi connectivity index (χ3n) is 5.09. The summed E-state index contributed by atoms with van der Waals surface area (Å²) < 4.78 is 33.5. The minimum absolute atomic E-state index is 0.0239. The molecule has 35 heavy (non-hydrogen) atoms. The molecule has 10 heteroatoms. The van der Waals surface area contributed by atoms with E-state index in [1.807, 2.05) is 41.9 Å². The lowest BCUT2D eigenvalue weighted by Crippen LogP contribution is -2.13. The van der Waals surface area contributed by atoms with Crippen LogP contribution in [-0.2, 0) is 27.2 Å². The Morgan fingerprint density at radius 1 is 0.943 bits per heavy atom. The SMILES string of the molecule is CCc1cc(Nc2cc(OCOC)cc(OCOC)c2C(=O)OC)n(Cc2ccc(OC)cc2)n1. The van der Waals surface area contributed by atoms with Gasteiger partial charge in [0.25, 0.3) is 0 Å². The minimum Gasteiger partial charge on any atom is -0.497 e. The number of hydrogen-bond acceptors (Lipinski definition) is 9. The highest BCUT2D eigenvalue weighted by atomic mass is 16.7. The molecule has 10 nitrogen and oxygen atoms in total. The highest BCUT2D eigenvalue weighted by Gasteiger charge is 2.22. The van der Waals surface area contributed by atoms with E-state index in [9.17, 15) is 4.79 Å². The van der Waals surface area contributed by atoms with Crippen LogP contribution in [0.15, 0.2) is 42.5 Å². The largest absolute Gasteiger partial charge is 0.497 e. The summed E-state index contributed by atoms with van der Waals surface area (Å²) in [7, 11) is 5.96. The summed E-state index contributed by atoms with van der Waals surface area (Å²) in [4.78, 5) is 12.7. The zero-order valence-corrected chi connectivity index (χ0v) is 20.6. The first-order valence-electron chi connectivity index (χ1n) is 11.0. The minimum atomic E-state index is -0.575. The maximum Gasteiger partial charge on any atom is 0.343 e. The van der Waals surface area contributed by atoms with Crippen LogP contribution in [0.4, 0.5) is 11.5 Å². The zero-order chi connectivity index (χ0) is 25.2. The van der Waals surface area contributed by atoms with Gasteiger partial charge in [-0.15, -0.1) is 0 Å². The molecule has 3 aromatic rings. The van der Waals surface area contributed by atoms with Gasteiger partial charge in [-0.1, -0.05) is 19.1 Å². The van der Waals surface area contributed by atoms with Gasteiger partial charge in [-0.25, -0.2) is 9.48 Å². The van der Waals surface area contributed by atoms with Gasteiger partial charge in [0.1, 0.15) is 28.6 Å². The third kappa shape index (κ3) is 6.65. The lowest BCUT2D eigenvalue weighted by atomic mass is 10.1. The summed E-state index contributed by atoms with van der Waals surface area (Å²) in [5.74, 6) is 1.57. The topological polar surface area (TPSA) is 102 Å². The highest BCUT2D eigenvalue weighted by Crippen LogP contribution is 2.35. The van der Waals surface area contributed by atoms with Crippen LogP contribution in [-0.4, -0.2) is 57.8 Å². The Kier molecular flexibility index (Phi) is 9.33. The molecule has 1 aromatic heterocycles. The second-order valence-corrected chi connectivity index (χ2v) is 7.44. The summed E-state index contributed by atoms with van der Waals surface area (Å²) in [6, 6.07) is 13.0. The predicted octanol–water partition coefficient (Wildman–Crippen LogP) is 4.00. The van der Waals surface area contributed by atoms with E-state index in [4.69, 9.17) is 33.5 Å². The van der Waals surface area contributed by atoms with Gasteiger partial charge in [0, 0.05) is 32.4 Å². The molecule has 3 rings (SSSR count). The van der Waals surface area contributed by atoms with Crippen LogP contribution in [0.1, 0.15) is 28.5 Å². The van der Waals surface area contributed by atoms with Crippen molar-refractivity contribution in [2.24, 2.45) is 0 Å². The van der Waals surface area contributed by atoms with E-state index in [1.54, 1.807) is 19.2 Å². The number of benzene rings is 2. The monoisotopic (exact) mass is 485 g/mol. The first kappa shape index (κ1) is 25.9. The molecule has 0 radical (unpaired) electrons. The van der Waals surface area contributed by atoms with Crippen LogP contribution in [0.5, 0.6) is 17.2 Å². The Labute approximate surface area is 204 Å². The number of anilines is 2. The van der Waals surface area contributed by atoms with Gasteiger partial charge in [-0.05, 0) is 24.1 Å². The number of aryl methyl sites for hydroxylation is 1. The van der Waals surface area contributed by atoms with Crippen molar-refractivity contribution >= 4 is 17.5 Å². The molecule has 188 valence electrons. The molecule has 0 spiro atoms. The highest BCUT2D eigenvalue weighted by molar-refractivity contribution is 6.00. The van der Waals surface area contributed by atoms with Crippen molar-refractivity contribution in [3.8, 4) is 17.2 Å². The lowest BCUT2D eigenvalue weighted by molar-refractivity contribution is 0.0436. The van der Waals surface area contributed by atoms with Crippen molar-refractivity contribution < 1.29 is 33.2 Å². The van der Waals surface area contributed by atoms with E-state index in [0.29, 0.717) is 23.8 Å². The van der Waals surface area contributed by atoms with Gasteiger partial charge in [-0.2, -0.15) is 5.10 Å². The molecule has 0 bridgehead atoms. The summed E-state index contributed by atoms with van der Waals surface area (Å²) in [5.41, 5.74) is 2.55. The van der Waals surface area contributed by atoms with Crippen molar-refractivity contribution in [1.29, 1.82) is 0 Å². The van der Waals surface area contributed by atoms with Crippen molar-refractivity contribution in [1.82, 2.24) is 9.78 Å². The number of aromatic nitrogens is 2. The number of carbonyl (C=O) groups excluding carboxylic acids is 1. The maximum atomic E-state index is 12.7. The van der Waals surface area contributed by atoms with Crippen LogP contribution in [0.3, 0.4) is 0 Å². The number of nitrogens with zero attached hydrogens (tertiary/aromatic N) is 2. The number of hydrogen-bond donors (Lipinski definition) is 1. The van der Waals surface area contributed by atoms with E-state index >= 15 is 0 Å². The standard InChI is InChI=1S/C25H31N3O7/c1-6-18-11-23(28(27-18)14-17-7-9-19(32-4)10-8-17)26-21-12-20(34-15-30-2)13-22(35-16-31-3)24(21)25(29)33-5/h7-13,26H,6,14-16H2,1-5H3. The number of ether oxygens (including phenoxy) is 6. The average Bonchev–Trinajstić information content (AvgIpc) is 3.27. The Bertz CT molecular complexity index is 1110. The number of rotatable bonds is 13. The smallest absolute Gasteiger partial charge is 0.343 e. The quantitative estimate of drug-likeness (QED) is 0.284. The van der Waals surface area contributed by atoms with Gasteiger partial charge >= 0.3 is 5.97 Å². The molecule has 2 aromatic carbocycles. The molecule has 1 heterocycles. The van der Waals surface area contributed by atoms with Gasteiger partial charge < -0.3 is 33.7 Å². The molecule has 0 saturated carbocycles. The summed E-state index contributed by atoms with van der Waals surface area (Å²) >= 11 is 0. The molecule has 1 N–H and O–H groups in total. The second-order valence-electron chi connectivity index (χ2n) is 7.44. The van der Waals surface area contributed by atoms with Crippen molar-refractivity contribution in [2.75, 3.05) is 47.3 Å². The van der Waals surface area contributed by atoms with E-state index in [2.05, 4.69) is 5.32 Å². The fourth-order valence-electron chi connectivity index (χ4n) is 3.35. The van der Waals surface area contributed by atoms with Crippen molar-refractivity contribution in [2.45, 2.75) is 19.9 Å². The van der Waals surface area contributed by atoms with Crippen LogP contribution >= 0.6 is 0 Å². The third-order valence-corrected chi connectivity index (χ3v) is 5.09. The molecule has 0 aliphatic heterocycles.